The van der Waals surface area contributed by atoms with E-state index in [-0.39, 0.29) is 12.3 Å². The zero-order chi connectivity index (χ0) is 12.3. The van der Waals surface area contributed by atoms with Crippen LogP contribution in [0, 0.1) is 5.92 Å². The molecule has 0 radical (unpaired) electrons. The van der Waals surface area contributed by atoms with E-state index >= 15 is 0 Å². The van der Waals surface area contributed by atoms with E-state index in [1.807, 2.05) is 18.2 Å². The summed E-state index contributed by atoms with van der Waals surface area (Å²) in [6.45, 7) is 0.831. The van der Waals surface area contributed by atoms with Gasteiger partial charge in [0, 0.05) is 18.7 Å². The Bertz CT molecular complexity index is 417. The second-order valence-corrected chi connectivity index (χ2v) is 4.41. The smallest absolute Gasteiger partial charge is 0.303 e. The molecule has 1 aromatic rings. The van der Waals surface area contributed by atoms with E-state index < -0.39 is 5.97 Å². The number of ether oxygens (including phenoxy) is 1. The van der Waals surface area contributed by atoms with Crippen molar-refractivity contribution in [3.63, 3.8) is 0 Å². The first kappa shape index (κ1) is 11.8. The predicted molar refractivity (Wildman–Crippen MR) is 65.5 cm³/mol. The normalized spacial score (nSPS) is 18.8. The monoisotopic (exact) mass is 235 g/mol. The Kier molecular flexibility index (Phi) is 3.52. The van der Waals surface area contributed by atoms with Crippen molar-refractivity contribution in [2.75, 3.05) is 19.0 Å². The van der Waals surface area contributed by atoms with Gasteiger partial charge in [0.1, 0.15) is 5.75 Å². The summed E-state index contributed by atoms with van der Waals surface area (Å²) in [5, 5.41) is 12.2. The van der Waals surface area contributed by atoms with Crippen LogP contribution in [0.15, 0.2) is 18.2 Å². The minimum Gasteiger partial charge on any atom is -0.497 e. The fraction of sp³-hybridized carbons (Fsp3) is 0.462. The first-order valence-electron chi connectivity index (χ1n) is 5.81. The molecule has 4 nitrogen and oxygen atoms in total. The fourth-order valence-electron chi connectivity index (χ4n) is 2.28. The SMILES string of the molecule is COc1ccc2c(c1)CC(CC(=O)O)CCN2. The van der Waals surface area contributed by atoms with Crippen LogP contribution in [0.4, 0.5) is 5.69 Å². The van der Waals surface area contributed by atoms with Gasteiger partial charge in [0.05, 0.1) is 7.11 Å². The van der Waals surface area contributed by atoms with Crippen molar-refractivity contribution in [1.29, 1.82) is 0 Å². The molecule has 4 heteroatoms. The summed E-state index contributed by atoms with van der Waals surface area (Å²) in [4.78, 5) is 10.8. The van der Waals surface area contributed by atoms with Crippen LogP contribution in [0.5, 0.6) is 5.75 Å². The third-order valence-electron chi connectivity index (χ3n) is 3.15. The lowest BCUT2D eigenvalue weighted by molar-refractivity contribution is -0.138. The van der Waals surface area contributed by atoms with E-state index in [0.717, 1.165) is 36.4 Å². The summed E-state index contributed by atoms with van der Waals surface area (Å²) in [5.74, 6) is 0.302. The van der Waals surface area contributed by atoms with Crippen molar-refractivity contribution < 1.29 is 14.6 Å². The molecule has 0 saturated carbocycles. The van der Waals surface area contributed by atoms with Gasteiger partial charge in [-0.15, -0.1) is 0 Å². The lowest BCUT2D eigenvalue weighted by atomic mass is 9.94. The van der Waals surface area contributed by atoms with Crippen LogP contribution in [0.1, 0.15) is 18.4 Å². The number of rotatable bonds is 3. The maximum Gasteiger partial charge on any atom is 0.303 e. The molecule has 2 N–H and O–H groups in total. The molecule has 1 aliphatic rings. The average Bonchev–Trinajstić information content (AvgIpc) is 2.48. The van der Waals surface area contributed by atoms with Crippen LogP contribution in [-0.4, -0.2) is 24.7 Å². The molecule has 0 bridgehead atoms. The average molecular weight is 235 g/mol. The summed E-state index contributed by atoms with van der Waals surface area (Å²) in [6.07, 6.45) is 1.92. The highest BCUT2D eigenvalue weighted by Gasteiger charge is 2.19. The van der Waals surface area contributed by atoms with Crippen molar-refractivity contribution in [2.24, 2.45) is 5.92 Å². The highest BCUT2D eigenvalue weighted by atomic mass is 16.5. The van der Waals surface area contributed by atoms with Crippen LogP contribution in [0.3, 0.4) is 0 Å². The molecule has 0 amide bonds. The van der Waals surface area contributed by atoms with Gasteiger partial charge in [0.15, 0.2) is 0 Å². The Morgan fingerprint density at radius 1 is 1.59 bits per heavy atom. The number of anilines is 1. The highest BCUT2D eigenvalue weighted by molar-refractivity contribution is 5.67. The highest BCUT2D eigenvalue weighted by Crippen LogP contribution is 2.29. The van der Waals surface area contributed by atoms with Crippen molar-refractivity contribution in [3.05, 3.63) is 23.8 Å². The quantitative estimate of drug-likeness (QED) is 0.842. The molecular weight excluding hydrogens is 218 g/mol. The first-order chi connectivity index (χ1) is 8.19. The van der Waals surface area contributed by atoms with E-state index in [1.54, 1.807) is 7.11 Å². The zero-order valence-corrected chi connectivity index (χ0v) is 9.90. The minimum absolute atomic E-state index is 0.202. The molecule has 1 aliphatic heterocycles. The summed E-state index contributed by atoms with van der Waals surface area (Å²) in [6, 6.07) is 5.91. The molecule has 92 valence electrons. The van der Waals surface area contributed by atoms with Gasteiger partial charge in [-0.25, -0.2) is 0 Å². The molecule has 17 heavy (non-hydrogen) atoms. The summed E-state index contributed by atoms with van der Waals surface area (Å²) >= 11 is 0. The Labute approximate surface area is 101 Å². The number of carbonyl (C=O) groups is 1. The van der Waals surface area contributed by atoms with Crippen LogP contribution >= 0.6 is 0 Å². The van der Waals surface area contributed by atoms with E-state index in [4.69, 9.17) is 9.84 Å². The Morgan fingerprint density at radius 2 is 2.41 bits per heavy atom. The molecule has 1 atom stereocenters. The number of carboxylic acids is 1. The summed E-state index contributed by atoms with van der Waals surface area (Å²) in [7, 11) is 1.64. The van der Waals surface area contributed by atoms with E-state index in [1.165, 1.54) is 0 Å². The zero-order valence-electron chi connectivity index (χ0n) is 9.90. The van der Waals surface area contributed by atoms with Crippen LogP contribution in [0.25, 0.3) is 0 Å². The molecule has 2 rings (SSSR count). The van der Waals surface area contributed by atoms with Crippen LogP contribution in [0.2, 0.25) is 0 Å². The molecule has 0 fully saturated rings. The molecule has 1 heterocycles. The summed E-state index contributed by atoms with van der Waals surface area (Å²) < 4.78 is 5.19. The predicted octanol–water partition coefficient (Wildman–Crippen LogP) is 2.14. The first-order valence-corrected chi connectivity index (χ1v) is 5.81. The summed E-state index contributed by atoms with van der Waals surface area (Å²) in [5.41, 5.74) is 2.24. The molecule has 0 aliphatic carbocycles. The number of aliphatic carboxylic acids is 1. The van der Waals surface area contributed by atoms with Crippen LogP contribution < -0.4 is 10.1 Å². The third kappa shape index (κ3) is 2.90. The standard InChI is InChI=1S/C13H17NO3/c1-17-11-2-3-12-10(8-11)6-9(4-5-14-12)7-13(15)16/h2-3,8-9,14H,4-7H2,1H3,(H,15,16). The topological polar surface area (TPSA) is 58.6 Å². The van der Waals surface area contributed by atoms with Gasteiger partial charge in [-0.2, -0.15) is 0 Å². The minimum atomic E-state index is -0.721. The van der Waals surface area contributed by atoms with E-state index in [9.17, 15) is 4.79 Å². The van der Waals surface area contributed by atoms with Crippen LogP contribution in [-0.2, 0) is 11.2 Å². The van der Waals surface area contributed by atoms with Gasteiger partial charge in [0.2, 0.25) is 0 Å². The molecule has 1 aromatic carbocycles. The van der Waals surface area contributed by atoms with Gasteiger partial charge in [0.25, 0.3) is 0 Å². The molecule has 1 unspecified atom stereocenters. The lowest BCUT2D eigenvalue weighted by Crippen LogP contribution is -2.11. The number of carboxylic acid groups (broad SMARTS) is 1. The fourth-order valence-corrected chi connectivity index (χ4v) is 2.28. The number of hydrogen-bond acceptors (Lipinski definition) is 3. The second-order valence-electron chi connectivity index (χ2n) is 4.41. The number of nitrogens with one attached hydrogen (secondary N) is 1. The van der Waals surface area contributed by atoms with Crippen molar-refractivity contribution in [2.45, 2.75) is 19.3 Å². The molecule has 0 aromatic heterocycles. The van der Waals surface area contributed by atoms with Gasteiger partial charge in [-0.3, -0.25) is 4.79 Å². The van der Waals surface area contributed by atoms with Crippen molar-refractivity contribution in [1.82, 2.24) is 0 Å². The van der Waals surface area contributed by atoms with Gasteiger partial charge >= 0.3 is 5.97 Å². The number of hydrogen-bond donors (Lipinski definition) is 2. The van der Waals surface area contributed by atoms with Crippen molar-refractivity contribution in [3.8, 4) is 5.75 Å². The Balaban J connectivity index is 2.19. The molecular formula is C13H17NO3. The lowest BCUT2D eigenvalue weighted by Gasteiger charge is -2.12. The van der Waals surface area contributed by atoms with E-state index in [0.29, 0.717) is 0 Å². The Hall–Kier alpha value is -1.71. The molecule has 0 saturated heterocycles. The maximum absolute atomic E-state index is 10.8. The van der Waals surface area contributed by atoms with E-state index in [2.05, 4.69) is 5.32 Å². The number of methoxy groups -OCH3 is 1. The second kappa shape index (κ2) is 5.08. The largest absolute Gasteiger partial charge is 0.497 e. The third-order valence-corrected chi connectivity index (χ3v) is 3.15. The molecule has 0 spiro atoms. The van der Waals surface area contributed by atoms with Gasteiger partial charge in [-0.1, -0.05) is 0 Å². The van der Waals surface area contributed by atoms with Crippen molar-refractivity contribution >= 4 is 11.7 Å². The maximum atomic E-state index is 10.8. The van der Waals surface area contributed by atoms with Gasteiger partial charge < -0.3 is 15.2 Å². The Morgan fingerprint density at radius 3 is 3.12 bits per heavy atom. The number of benzene rings is 1. The number of fused-ring (bicyclic) bond motifs is 1. The van der Waals surface area contributed by atoms with Gasteiger partial charge in [-0.05, 0) is 42.5 Å².